The molecule has 3 N–H and O–H groups in total. The molecule has 0 spiro atoms. The summed E-state index contributed by atoms with van der Waals surface area (Å²) in [6.45, 7) is 3.11. The highest BCUT2D eigenvalue weighted by atomic mass is 32.2. The van der Waals surface area contributed by atoms with Crippen LogP contribution in [0.5, 0.6) is 0 Å². The van der Waals surface area contributed by atoms with Gasteiger partial charge in [0.25, 0.3) is 15.9 Å². The Morgan fingerprint density at radius 1 is 1.21 bits per heavy atom. The molecule has 1 rings (SSSR count). The normalized spacial score (nSPS) is 12.0. The van der Waals surface area contributed by atoms with Crippen LogP contribution in [0.3, 0.4) is 0 Å². The standard InChI is InChI=1S/C12H14N2O4S/c1-8-3-5-10(6-4-8)19(17,18)14-12(16)9(2)7-11(13)15/h3-7H,1-2H3,(H2,13,15)(H,14,16). The first kappa shape index (κ1) is 14.9. The maximum atomic E-state index is 11.9. The highest BCUT2D eigenvalue weighted by Crippen LogP contribution is 2.10. The first-order valence-electron chi connectivity index (χ1n) is 5.34. The van der Waals surface area contributed by atoms with Gasteiger partial charge in [0, 0.05) is 11.6 Å². The van der Waals surface area contributed by atoms with Crippen LogP contribution in [0.1, 0.15) is 12.5 Å². The molecule has 19 heavy (non-hydrogen) atoms. The predicted octanol–water partition coefficient (Wildman–Crippen LogP) is 0.232. The van der Waals surface area contributed by atoms with Gasteiger partial charge in [0.05, 0.1) is 4.90 Å². The van der Waals surface area contributed by atoms with E-state index in [0.29, 0.717) is 0 Å². The maximum Gasteiger partial charge on any atom is 0.264 e. The molecule has 0 aromatic heterocycles. The van der Waals surface area contributed by atoms with Crippen LogP contribution >= 0.6 is 0 Å². The van der Waals surface area contributed by atoms with Crippen LogP contribution in [-0.4, -0.2) is 20.2 Å². The van der Waals surface area contributed by atoms with Crippen LogP contribution in [0.15, 0.2) is 40.8 Å². The number of rotatable bonds is 4. The zero-order valence-electron chi connectivity index (χ0n) is 10.5. The number of aryl methyl sites for hydroxylation is 1. The Hall–Kier alpha value is -2.15. The highest BCUT2D eigenvalue weighted by molar-refractivity contribution is 7.90. The molecule has 0 saturated carbocycles. The van der Waals surface area contributed by atoms with Gasteiger partial charge in [0.15, 0.2) is 0 Å². The average molecular weight is 282 g/mol. The van der Waals surface area contributed by atoms with Gasteiger partial charge in [-0.15, -0.1) is 0 Å². The number of carbonyl (C=O) groups is 2. The van der Waals surface area contributed by atoms with Crippen molar-refractivity contribution in [1.29, 1.82) is 0 Å². The number of sulfonamides is 1. The van der Waals surface area contributed by atoms with E-state index >= 15 is 0 Å². The summed E-state index contributed by atoms with van der Waals surface area (Å²) in [7, 11) is -3.95. The number of nitrogens with two attached hydrogens (primary N) is 1. The van der Waals surface area contributed by atoms with Crippen LogP contribution in [0.25, 0.3) is 0 Å². The van der Waals surface area contributed by atoms with Crippen molar-refractivity contribution in [3.05, 3.63) is 41.5 Å². The summed E-state index contributed by atoms with van der Waals surface area (Å²) < 4.78 is 25.6. The summed E-state index contributed by atoms with van der Waals surface area (Å²) in [6.07, 6.45) is 0.861. The molecule has 0 aliphatic rings. The van der Waals surface area contributed by atoms with Crippen LogP contribution in [0.4, 0.5) is 0 Å². The number of nitrogens with one attached hydrogen (secondary N) is 1. The summed E-state index contributed by atoms with van der Waals surface area (Å²) in [4.78, 5) is 22.1. The predicted molar refractivity (Wildman–Crippen MR) is 69.5 cm³/mol. The summed E-state index contributed by atoms with van der Waals surface area (Å²) in [5.74, 6) is -1.71. The van der Waals surface area contributed by atoms with Gasteiger partial charge in [0.1, 0.15) is 0 Å². The number of amides is 2. The van der Waals surface area contributed by atoms with E-state index in [4.69, 9.17) is 5.73 Å². The van der Waals surface area contributed by atoms with E-state index in [9.17, 15) is 18.0 Å². The molecule has 0 radical (unpaired) electrons. The number of carbonyl (C=O) groups excluding carboxylic acids is 2. The number of benzene rings is 1. The molecule has 1 aromatic carbocycles. The Morgan fingerprint density at radius 2 is 1.74 bits per heavy atom. The largest absolute Gasteiger partial charge is 0.366 e. The fraction of sp³-hybridized carbons (Fsp3) is 0.167. The molecule has 0 unspecified atom stereocenters. The lowest BCUT2D eigenvalue weighted by atomic mass is 10.2. The minimum atomic E-state index is -3.95. The Kier molecular flexibility index (Phi) is 4.44. The molecule has 102 valence electrons. The van der Waals surface area contributed by atoms with E-state index in [-0.39, 0.29) is 10.5 Å². The Balaban J connectivity index is 2.95. The highest BCUT2D eigenvalue weighted by Gasteiger charge is 2.18. The van der Waals surface area contributed by atoms with Crippen molar-refractivity contribution in [2.75, 3.05) is 0 Å². The van der Waals surface area contributed by atoms with Crippen LogP contribution in [-0.2, 0) is 19.6 Å². The molecular weight excluding hydrogens is 268 g/mol. The smallest absolute Gasteiger partial charge is 0.264 e. The summed E-state index contributed by atoms with van der Waals surface area (Å²) in [6, 6.07) is 6.01. The van der Waals surface area contributed by atoms with Crippen LogP contribution in [0.2, 0.25) is 0 Å². The topological polar surface area (TPSA) is 106 Å². The number of hydrogen-bond acceptors (Lipinski definition) is 4. The number of primary amides is 1. The van der Waals surface area contributed by atoms with Crippen molar-refractivity contribution >= 4 is 21.8 Å². The van der Waals surface area contributed by atoms with Gasteiger partial charge in [0.2, 0.25) is 5.91 Å². The second kappa shape index (κ2) is 5.66. The first-order valence-corrected chi connectivity index (χ1v) is 6.82. The van der Waals surface area contributed by atoms with Gasteiger partial charge in [-0.1, -0.05) is 17.7 Å². The van der Waals surface area contributed by atoms with Crippen molar-refractivity contribution in [3.63, 3.8) is 0 Å². The summed E-state index contributed by atoms with van der Waals surface area (Å²) >= 11 is 0. The monoisotopic (exact) mass is 282 g/mol. The van der Waals surface area contributed by atoms with E-state index < -0.39 is 21.8 Å². The lowest BCUT2D eigenvalue weighted by molar-refractivity contribution is -0.117. The third kappa shape index (κ3) is 4.22. The van der Waals surface area contributed by atoms with Crippen molar-refractivity contribution in [1.82, 2.24) is 4.72 Å². The minimum Gasteiger partial charge on any atom is -0.366 e. The molecular formula is C12H14N2O4S. The molecule has 0 atom stereocenters. The molecule has 2 amide bonds. The van der Waals surface area contributed by atoms with Gasteiger partial charge in [-0.3, -0.25) is 9.59 Å². The summed E-state index contributed by atoms with van der Waals surface area (Å²) in [5, 5.41) is 0. The first-order chi connectivity index (χ1) is 8.72. The minimum absolute atomic E-state index is 0.0293. The Labute approximate surface area is 111 Å². The number of hydrogen-bond donors (Lipinski definition) is 2. The molecule has 1 aromatic rings. The van der Waals surface area contributed by atoms with Gasteiger partial charge in [-0.2, -0.15) is 0 Å². The molecule has 0 saturated heterocycles. The van der Waals surface area contributed by atoms with Crippen LogP contribution < -0.4 is 10.5 Å². The quantitative estimate of drug-likeness (QED) is 0.771. The molecule has 0 aliphatic heterocycles. The Morgan fingerprint density at radius 3 is 2.21 bits per heavy atom. The van der Waals surface area contributed by atoms with Crippen molar-refractivity contribution in [2.45, 2.75) is 18.7 Å². The Bertz CT molecular complexity index is 630. The third-order valence-corrected chi connectivity index (χ3v) is 3.62. The SMILES string of the molecule is CC(=CC(N)=O)C(=O)NS(=O)(=O)c1ccc(C)cc1. The lowest BCUT2D eigenvalue weighted by Crippen LogP contribution is -2.31. The second-order valence-corrected chi connectivity index (χ2v) is 5.66. The van der Waals surface area contributed by atoms with E-state index in [1.54, 1.807) is 12.1 Å². The molecule has 0 aliphatic carbocycles. The van der Waals surface area contributed by atoms with Gasteiger partial charge < -0.3 is 5.73 Å². The molecule has 6 nitrogen and oxygen atoms in total. The van der Waals surface area contributed by atoms with Gasteiger partial charge >= 0.3 is 0 Å². The van der Waals surface area contributed by atoms with Crippen LogP contribution in [0, 0.1) is 6.92 Å². The second-order valence-electron chi connectivity index (χ2n) is 3.98. The zero-order valence-corrected chi connectivity index (χ0v) is 11.3. The molecule has 7 heteroatoms. The summed E-state index contributed by atoms with van der Waals surface area (Å²) in [5.41, 5.74) is 5.70. The molecule has 0 bridgehead atoms. The van der Waals surface area contributed by atoms with E-state index in [2.05, 4.69) is 0 Å². The lowest BCUT2D eigenvalue weighted by Gasteiger charge is -2.07. The fourth-order valence-electron chi connectivity index (χ4n) is 1.26. The fourth-order valence-corrected chi connectivity index (χ4v) is 2.28. The van der Waals surface area contributed by atoms with Gasteiger partial charge in [-0.25, -0.2) is 13.1 Å². The van der Waals surface area contributed by atoms with E-state index in [1.165, 1.54) is 19.1 Å². The van der Waals surface area contributed by atoms with E-state index in [0.717, 1.165) is 11.6 Å². The maximum absolute atomic E-state index is 11.9. The van der Waals surface area contributed by atoms with Crippen molar-refractivity contribution in [3.8, 4) is 0 Å². The van der Waals surface area contributed by atoms with Crippen molar-refractivity contribution in [2.24, 2.45) is 5.73 Å². The van der Waals surface area contributed by atoms with E-state index in [1.807, 2.05) is 11.6 Å². The molecule has 0 heterocycles. The zero-order chi connectivity index (χ0) is 14.6. The average Bonchev–Trinajstić information content (AvgIpc) is 2.27. The third-order valence-electron chi connectivity index (χ3n) is 2.28. The van der Waals surface area contributed by atoms with Gasteiger partial charge in [-0.05, 0) is 26.0 Å². The molecule has 0 fully saturated rings. The van der Waals surface area contributed by atoms with Crippen molar-refractivity contribution < 1.29 is 18.0 Å².